The van der Waals surface area contributed by atoms with Crippen LogP contribution in [0, 0.1) is 0 Å². The summed E-state index contributed by atoms with van der Waals surface area (Å²) in [6.07, 6.45) is 1.54. The fraction of sp³-hybridized carbons (Fsp3) is 0.462. The second kappa shape index (κ2) is 7.11. The Morgan fingerprint density at radius 2 is 2.38 bits per heavy atom. The first-order chi connectivity index (χ1) is 10.0. The van der Waals surface area contributed by atoms with Crippen molar-refractivity contribution in [3.8, 4) is 0 Å². The monoisotopic (exact) mass is 329 g/mol. The SMILES string of the molecule is CCOC(C)Cn1c(SCC(=O)O)nc2cc(Cl)cnc21. The first kappa shape index (κ1) is 16.1. The molecule has 0 aromatic carbocycles. The van der Waals surface area contributed by atoms with E-state index in [1.807, 2.05) is 18.4 Å². The Morgan fingerprint density at radius 3 is 3.05 bits per heavy atom. The van der Waals surface area contributed by atoms with Crippen LogP contribution in [0.2, 0.25) is 5.02 Å². The highest BCUT2D eigenvalue weighted by Crippen LogP contribution is 2.25. The lowest BCUT2D eigenvalue weighted by molar-refractivity contribution is -0.133. The van der Waals surface area contributed by atoms with E-state index in [-0.39, 0.29) is 11.9 Å². The molecule has 2 heterocycles. The van der Waals surface area contributed by atoms with Crippen molar-refractivity contribution in [1.82, 2.24) is 14.5 Å². The molecule has 6 nitrogen and oxygen atoms in total. The molecule has 2 rings (SSSR count). The average molecular weight is 330 g/mol. The molecule has 21 heavy (non-hydrogen) atoms. The summed E-state index contributed by atoms with van der Waals surface area (Å²) in [6.45, 7) is 5.06. The molecule has 1 N–H and O–H groups in total. The number of aliphatic carboxylic acids is 1. The molecule has 0 bridgehead atoms. The van der Waals surface area contributed by atoms with Crippen LogP contribution in [0.5, 0.6) is 0 Å². The molecular formula is C13H16ClN3O3S. The van der Waals surface area contributed by atoms with Crippen molar-refractivity contribution < 1.29 is 14.6 Å². The van der Waals surface area contributed by atoms with Gasteiger partial charge in [-0.2, -0.15) is 0 Å². The topological polar surface area (TPSA) is 77.2 Å². The van der Waals surface area contributed by atoms with E-state index < -0.39 is 5.97 Å². The van der Waals surface area contributed by atoms with Crippen molar-refractivity contribution in [2.75, 3.05) is 12.4 Å². The van der Waals surface area contributed by atoms with Crippen molar-refractivity contribution in [3.63, 3.8) is 0 Å². The van der Waals surface area contributed by atoms with Gasteiger partial charge in [0.1, 0.15) is 5.52 Å². The van der Waals surface area contributed by atoms with E-state index in [1.165, 1.54) is 0 Å². The molecule has 0 saturated carbocycles. The fourth-order valence-corrected chi connectivity index (χ4v) is 2.85. The molecule has 0 amide bonds. The smallest absolute Gasteiger partial charge is 0.313 e. The van der Waals surface area contributed by atoms with Gasteiger partial charge in [-0.05, 0) is 19.9 Å². The molecule has 0 spiro atoms. The number of pyridine rings is 1. The van der Waals surface area contributed by atoms with Crippen LogP contribution in [-0.4, -0.2) is 44.1 Å². The van der Waals surface area contributed by atoms with Crippen LogP contribution >= 0.6 is 23.4 Å². The summed E-state index contributed by atoms with van der Waals surface area (Å²) in [4.78, 5) is 19.5. The van der Waals surface area contributed by atoms with Gasteiger partial charge in [0.15, 0.2) is 10.8 Å². The minimum Gasteiger partial charge on any atom is -0.481 e. The number of aromatic nitrogens is 3. The molecule has 0 fully saturated rings. The van der Waals surface area contributed by atoms with Gasteiger partial charge in [0, 0.05) is 12.8 Å². The highest BCUT2D eigenvalue weighted by Gasteiger charge is 2.16. The average Bonchev–Trinajstić information content (AvgIpc) is 2.74. The van der Waals surface area contributed by atoms with Crippen LogP contribution in [0.15, 0.2) is 17.4 Å². The van der Waals surface area contributed by atoms with E-state index in [9.17, 15) is 4.79 Å². The third-order valence-corrected chi connectivity index (χ3v) is 3.90. The highest BCUT2D eigenvalue weighted by molar-refractivity contribution is 7.99. The summed E-state index contributed by atoms with van der Waals surface area (Å²) in [7, 11) is 0. The Hall–Kier alpha value is -1.31. The number of fused-ring (bicyclic) bond motifs is 1. The Kier molecular flexibility index (Phi) is 5.44. The molecule has 0 aliphatic carbocycles. The number of imidazole rings is 1. The first-order valence-electron chi connectivity index (χ1n) is 6.49. The molecular weight excluding hydrogens is 314 g/mol. The van der Waals surface area contributed by atoms with Gasteiger partial charge in [-0.1, -0.05) is 23.4 Å². The third kappa shape index (κ3) is 4.09. The number of carboxylic acids is 1. The number of carbonyl (C=O) groups is 1. The number of hydrogen-bond donors (Lipinski definition) is 1. The van der Waals surface area contributed by atoms with E-state index in [0.29, 0.717) is 34.5 Å². The highest BCUT2D eigenvalue weighted by atomic mass is 35.5. The van der Waals surface area contributed by atoms with Gasteiger partial charge < -0.3 is 14.4 Å². The molecule has 0 aliphatic rings. The van der Waals surface area contributed by atoms with Gasteiger partial charge in [-0.3, -0.25) is 4.79 Å². The number of rotatable bonds is 7. The quantitative estimate of drug-likeness (QED) is 0.787. The van der Waals surface area contributed by atoms with E-state index in [0.717, 1.165) is 11.8 Å². The van der Waals surface area contributed by atoms with Crippen LogP contribution in [0.1, 0.15) is 13.8 Å². The maximum atomic E-state index is 10.8. The number of hydrogen-bond acceptors (Lipinski definition) is 5. The summed E-state index contributed by atoms with van der Waals surface area (Å²) in [5.41, 5.74) is 1.33. The van der Waals surface area contributed by atoms with E-state index in [1.54, 1.807) is 12.3 Å². The third-order valence-electron chi connectivity index (χ3n) is 2.73. The van der Waals surface area contributed by atoms with Crippen LogP contribution in [0.4, 0.5) is 0 Å². The predicted octanol–water partition coefficient (Wildman–Crippen LogP) is 2.69. The number of ether oxygens (including phenoxy) is 1. The van der Waals surface area contributed by atoms with Crippen LogP contribution < -0.4 is 0 Å². The minimum absolute atomic E-state index is 0.0194. The van der Waals surface area contributed by atoms with Crippen molar-refractivity contribution in [2.45, 2.75) is 31.7 Å². The van der Waals surface area contributed by atoms with E-state index >= 15 is 0 Å². The van der Waals surface area contributed by atoms with Gasteiger partial charge >= 0.3 is 5.97 Å². The van der Waals surface area contributed by atoms with Crippen LogP contribution in [0.3, 0.4) is 0 Å². The molecule has 0 aliphatic heterocycles. The molecule has 8 heteroatoms. The van der Waals surface area contributed by atoms with E-state index in [2.05, 4.69) is 9.97 Å². The number of halogens is 1. The zero-order valence-corrected chi connectivity index (χ0v) is 13.3. The lowest BCUT2D eigenvalue weighted by Crippen LogP contribution is -2.17. The zero-order valence-electron chi connectivity index (χ0n) is 11.7. The van der Waals surface area contributed by atoms with Gasteiger partial charge in [0.2, 0.25) is 0 Å². The fourth-order valence-electron chi connectivity index (χ4n) is 1.96. The standard InChI is InChI=1S/C13H16ClN3O3S/c1-3-20-8(2)6-17-12-10(4-9(14)5-15-12)16-13(17)21-7-11(18)19/h4-5,8H,3,6-7H2,1-2H3,(H,18,19). The van der Waals surface area contributed by atoms with Crippen molar-refractivity contribution >= 4 is 40.5 Å². The van der Waals surface area contributed by atoms with Gasteiger partial charge in [0.05, 0.1) is 23.4 Å². The summed E-state index contributed by atoms with van der Waals surface area (Å²) < 4.78 is 7.41. The largest absolute Gasteiger partial charge is 0.481 e. The molecule has 2 aromatic heterocycles. The molecule has 0 saturated heterocycles. The zero-order chi connectivity index (χ0) is 15.4. The van der Waals surface area contributed by atoms with Crippen molar-refractivity contribution in [2.24, 2.45) is 0 Å². The van der Waals surface area contributed by atoms with Gasteiger partial charge in [0.25, 0.3) is 0 Å². The number of thioether (sulfide) groups is 1. The van der Waals surface area contributed by atoms with E-state index in [4.69, 9.17) is 21.4 Å². The summed E-state index contributed by atoms with van der Waals surface area (Å²) in [5.74, 6) is -0.942. The second-order valence-corrected chi connectivity index (χ2v) is 5.83. The summed E-state index contributed by atoms with van der Waals surface area (Å²) in [6, 6.07) is 1.72. The Balaban J connectivity index is 2.36. The maximum Gasteiger partial charge on any atom is 0.313 e. The molecule has 0 radical (unpaired) electrons. The second-order valence-electron chi connectivity index (χ2n) is 4.45. The predicted molar refractivity (Wildman–Crippen MR) is 82.0 cm³/mol. The van der Waals surface area contributed by atoms with Crippen molar-refractivity contribution in [3.05, 3.63) is 17.3 Å². The Labute approximate surface area is 131 Å². The number of carboxylic acid groups (broad SMARTS) is 1. The Bertz CT molecular complexity index is 647. The molecule has 1 unspecified atom stereocenters. The first-order valence-corrected chi connectivity index (χ1v) is 7.85. The summed E-state index contributed by atoms with van der Waals surface area (Å²) in [5, 5.41) is 9.94. The van der Waals surface area contributed by atoms with Crippen LogP contribution in [0.25, 0.3) is 11.2 Å². The molecule has 2 aromatic rings. The molecule has 1 atom stereocenters. The lowest BCUT2D eigenvalue weighted by Gasteiger charge is -2.14. The number of nitrogens with zero attached hydrogens (tertiary/aromatic N) is 3. The Morgan fingerprint density at radius 1 is 1.62 bits per heavy atom. The normalized spacial score (nSPS) is 12.7. The van der Waals surface area contributed by atoms with Crippen molar-refractivity contribution in [1.29, 1.82) is 0 Å². The van der Waals surface area contributed by atoms with Crippen LogP contribution in [-0.2, 0) is 16.1 Å². The van der Waals surface area contributed by atoms with Gasteiger partial charge in [-0.25, -0.2) is 9.97 Å². The molecule has 114 valence electrons. The van der Waals surface area contributed by atoms with Gasteiger partial charge in [-0.15, -0.1) is 0 Å². The lowest BCUT2D eigenvalue weighted by atomic mass is 10.4. The maximum absolute atomic E-state index is 10.8. The minimum atomic E-state index is -0.887. The summed E-state index contributed by atoms with van der Waals surface area (Å²) >= 11 is 7.09.